The Morgan fingerprint density at radius 3 is 2.79 bits per heavy atom. The third-order valence-electron chi connectivity index (χ3n) is 2.57. The molecular weight excluding hydrogens is 248 g/mol. The molecule has 2 heterocycles. The Morgan fingerprint density at radius 1 is 1.26 bits per heavy atom. The molecule has 96 valence electrons. The van der Waals surface area contributed by atoms with Crippen molar-refractivity contribution in [2.24, 2.45) is 0 Å². The fraction of sp³-hybridized carbons (Fsp3) is 0.0909. The molecule has 0 atom stereocenters. The summed E-state index contributed by atoms with van der Waals surface area (Å²) in [7, 11) is 0. The molecule has 0 spiro atoms. The number of aryl methyl sites for hydroxylation is 1. The SMILES string of the molecule is Cc1nc(C(=O)Nc2ccc3[nH]c(=O)[nH]c3c2)n[nH]1. The summed E-state index contributed by atoms with van der Waals surface area (Å²) in [5, 5.41) is 9.01. The van der Waals surface area contributed by atoms with Gasteiger partial charge in [0, 0.05) is 5.69 Å². The maximum atomic E-state index is 11.8. The van der Waals surface area contributed by atoms with Crippen molar-refractivity contribution >= 4 is 22.6 Å². The Labute approximate surface area is 106 Å². The molecule has 0 aliphatic heterocycles. The van der Waals surface area contributed by atoms with Gasteiger partial charge in [-0.25, -0.2) is 9.78 Å². The van der Waals surface area contributed by atoms with Crippen LogP contribution in [0.5, 0.6) is 0 Å². The van der Waals surface area contributed by atoms with Gasteiger partial charge in [0.25, 0.3) is 5.91 Å². The number of nitrogens with one attached hydrogen (secondary N) is 4. The van der Waals surface area contributed by atoms with Crippen LogP contribution >= 0.6 is 0 Å². The summed E-state index contributed by atoms with van der Waals surface area (Å²) in [6.07, 6.45) is 0. The lowest BCUT2D eigenvalue weighted by molar-refractivity contribution is 0.101. The molecule has 0 radical (unpaired) electrons. The molecule has 0 fully saturated rings. The largest absolute Gasteiger partial charge is 0.323 e. The quantitative estimate of drug-likeness (QED) is 0.536. The molecular formula is C11H10N6O2. The summed E-state index contributed by atoms with van der Waals surface area (Å²) >= 11 is 0. The van der Waals surface area contributed by atoms with Gasteiger partial charge in [0.2, 0.25) is 5.82 Å². The van der Waals surface area contributed by atoms with E-state index in [2.05, 4.69) is 30.5 Å². The molecule has 0 aliphatic rings. The van der Waals surface area contributed by atoms with Gasteiger partial charge in [-0.1, -0.05) is 0 Å². The van der Waals surface area contributed by atoms with Gasteiger partial charge in [-0.15, -0.1) is 5.10 Å². The second kappa shape index (κ2) is 4.09. The number of carbonyl (C=O) groups is 1. The van der Waals surface area contributed by atoms with Gasteiger partial charge in [-0.05, 0) is 25.1 Å². The van der Waals surface area contributed by atoms with E-state index in [-0.39, 0.29) is 11.5 Å². The van der Waals surface area contributed by atoms with E-state index in [1.807, 2.05) is 0 Å². The first-order chi connectivity index (χ1) is 9.11. The first kappa shape index (κ1) is 11.2. The zero-order chi connectivity index (χ0) is 13.4. The van der Waals surface area contributed by atoms with Crippen LogP contribution in [0.15, 0.2) is 23.0 Å². The number of nitrogens with zero attached hydrogens (tertiary/aromatic N) is 2. The minimum absolute atomic E-state index is 0.0696. The smallest absolute Gasteiger partial charge is 0.319 e. The number of aromatic nitrogens is 5. The van der Waals surface area contributed by atoms with Crippen LogP contribution in [0.25, 0.3) is 11.0 Å². The predicted octanol–water partition coefficient (Wildman–Crippen LogP) is 0.535. The molecule has 0 aliphatic carbocycles. The standard InChI is InChI=1S/C11H10N6O2/c1-5-12-9(17-16-5)10(18)13-6-2-3-7-8(4-6)15-11(19)14-7/h2-4H,1H3,(H,13,18)(H,12,16,17)(H2,14,15,19). The van der Waals surface area contributed by atoms with E-state index in [4.69, 9.17) is 0 Å². The molecule has 4 N–H and O–H groups in total. The van der Waals surface area contributed by atoms with E-state index >= 15 is 0 Å². The van der Waals surface area contributed by atoms with Gasteiger partial charge >= 0.3 is 5.69 Å². The molecule has 8 heteroatoms. The lowest BCUT2D eigenvalue weighted by Crippen LogP contribution is -2.13. The third-order valence-corrected chi connectivity index (χ3v) is 2.57. The maximum Gasteiger partial charge on any atom is 0.323 e. The van der Waals surface area contributed by atoms with Crippen molar-refractivity contribution in [2.75, 3.05) is 5.32 Å². The number of fused-ring (bicyclic) bond motifs is 1. The van der Waals surface area contributed by atoms with E-state index in [9.17, 15) is 9.59 Å². The first-order valence-corrected chi connectivity index (χ1v) is 5.54. The summed E-state index contributed by atoms with van der Waals surface area (Å²) in [6, 6.07) is 5.04. The Morgan fingerprint density at radius 2 is 2.05 bits per heavy atom. The number of amides is 1. The molecule has 8 nitrogen and oxygen atoms in total. The molecule has 1 aromatic carbocycles. The zero-order valence-corrected chi connectivity index (χ0v) is 9.94. The highest BCUT2D eigenvalue weighted by atomic mass is 16.2. The Bertz CT molecular complexity index is 812. The van der Waals surface area contributed by atoms with Crippen molar-refractivity contribution in [2.45, 2.75) is 6.92 Å². The predicted molar refractivity (Wildman–Crippen MR) is 68.0 cm³/mol. The van der Waals surface area contributed by atoms with Gasteiger partial charge in [-0.3, -0.25) is 9.89 Å². The van der Waals surface area contributed by atoms with E-state index < -0.39 is 5.91 Å². The van der Waals surface area contributed by atoms with Crippen LogP contribution in [0.3, 0.4) is 0 Å². The average Bonchev–Trinajstić information content (AvgIpc) is 2.93. The van der Waals surface area contributed by atoms with Crippen LogP contribution in [0.1, 0.15) is 16.4 Å². The number of imidazole rings is 1. The lowest BCUT2D eigenvalue weighted by Gasteiger charge is -2.01. The molecule has 0 saturated carbocycles. The second-order valence-electron chi connectivity index (χ2n) is 4.04. The van der Waals surface area contributed by atoms with Gasteiger partial charge in [0.05, 0.1) is 11.0 Å². The van der Waals surface area contributed by atoms with E-state index in [1.54, 1.807) is 25.1 Å². The highest BCUT2D eigenvalue weighted by Gasteiger charge is 2.11. The van der Waals surface area contributed by atoms with Gasteiger partial charge in [-0.2, -0.15) is 0 Å². The Balaban J connectivity index is 1.88. The van der Waals surface area contributed by atoms with Gasteiger partial charge in [0.1, 0.15) is 5.82 Å². The van der Waals surface area contributed by atoms with Crippen LogP contribution in [0.2, 0.25) is 0 Å². The molecule has 3 rings (SSSR count). The van der Waals surface area contributed by atoms with E-state index in [0.29, 0.717) is 22.5 Å². The van der Waals surface area contributed by atoms with Crippen molar-refractivity contribution in [3.05, 3.63) is 40.3 Å². The molecule has 1 amide bonds. The zero-order valence-electron chi connectivity index (χ0n) is 9.94. The molecule has 0 unspecified atom stereocenters. The van der Waals surface area contributed by atoms with Crippen molar-refractivity contribution in [1.29, 1.82) is 0 Å². The van der Waals surface area contributed by atoms with E-state index in [1.165, 1.54) is 0 Å². The number of H-pyrrole nitrogens is 3. The second-order valence-corrected chi connectivity index (χ2v) is 4.04. The van der Waals surface area contributed by atoms with Crippen LogP contribution in [-0.2, 0) is 0 Å². The van der Waals surface area contributed by atoms with E-state index in [0.717, 1.165) is 0 Å². The highest BCUT2D eigenvalue weighted by Crippen LogP contribution is 2.14. The molecule has 3 aromatic rings. The monoisotopic (exact) mass is 258 g/mol. The normalized spacial score (nSPS) is 10.8. The summed E-state index contributed by atoms with van der Waals surface area (Å²) in [5.41, 5.74) is 1.56. The Hall–Kier alpha value is -2.90. The van der Waals surface area contributed by atoms with Crippen molar-refractivity contribution < 1.29 is 4.79 Å². The van der Waals surface area contributed by atoms with Gasteiger partial charge in [0.15, 0.2) is 0 Å². The van der Waals surface area contributed by atoms with Crippen LogP contribution in [0.4, 0.5) is 5.69 Å². The number of hydrogen-bond donors (Lipinski definition) is 4. The van der Waals surface area contributed by atoms with Crippen molar-refractivity contribution in [1.82, 2.24) is 25.1 Å². The van der Waals surface area contributed by atoms with Crippen LogP contribution in [-0.4, -0.2) is 31.1 Å². The summed E-state index contributed by atoms with van der Waals surface area (Å²) < 4.78 is 0. The molecule has 0 saturated heterocycles. The lowest BCUT2D eigenvalue weighted by atomic mass is 10.2. The topological polar surface area (TPSA) is 119 Å². The summed E-state index contributed by atoms with van der Waals surface area (Å²) in [6.45, 7) is 1.71. The number of hydrogen-bond acceptors (Lipinski definition) is 4. The number of benzene rings is 1. The third kappa shape index (κ3) is 2.10. The molecule has 19 heavy (non-hydrogen) atoms. The van der Waals surface area contributed by atoms with Crippen molar-refractivity contribution in [3.63, 3.8) is 0 Å². The number of aromatic amines is 3. The fourth-order valence-electron chi connectivity index (χ4n) is 1.74. The summed E-state index contributed by atoms with van der Waals surface area (Å²) in [4.78, 5) is 32.1. The highest BCUT2D eigenvalue weighted by molar-refractivity contribution is 6.02. The minimum atomic E-state index is -0.415. The minimum Gasteiger partial charge on any atom is -0.319 e. The summed E-state index contributed by atoms with van der Waals surface area (Å²) in [5.74, 6) is 0.220. The van der Waals surface area contributed by atoms with Crippen molar-refractivity contribution in [3.8, 4) is 0 Å². The Kier molecular flexibility index (Phi) is 2.41. The fourth-order valence-corrected chi connectivity index (χ4v) is 1.74. The van der Waals surface area contributed by atoms with Crippen LogP contribution in [0, 0.1) is 6.92 Å². The molecule has 2 aromatic heterocycles. The maximum absolute atomic E-state index is 11.8. The molecule has 0 bridgehead atoms. The van der Waals surface area contributed by atoms with Gasteiger partial charge < -0.3 is 15.3 Å². The number of anilines is 1. The van der Waals surface area contributed by atoms with Crippen LogP contribution < -0.4 is 11.0 Å². The average molecular weight is 258 g/mol. The number of rotatable bonds is 2. The first-order valence-electron chi connectivity index (χ1n) is 5.54. The number of carbonyl (C=O) groups excluding carboxylic acids is 1.